The molecule has 1 N–H and O–H groups in total. The van der Waals surface area contributed by atoms with Crippen LogP contribution in [0.1, 0.15) is 30.7 Å². The van der Waals surface area contributed by atoms with Gasteiger partial charge in [-0.2, -0.15) is 0 Å². The molecule has 1 rings (SSSR count). The molecule has 0 aliphatic carbocycles. The van der Waals surface area contributed by atoms with Crippen LogP contribution in [-0.4, -0.2) is 50.7 Å². The Balaban J connectivity index is 2.88. The molecule has 0 unspecified atom stereocenters. The van der Waals surface area contributed by atoms with Crippen molar-refractivity contribution in [2.45, 2.75) is 34.2 Å². The van der Waals surface area contributed by atoms with Gasteiger partial charge in [0.2, 0.25) is 0 Å². The van der Waals surface area contributed by atoms with Crippen LogP contribution in [0.3, 0.4) is 0 Å². The second kappa shape index (κ2) is 8.35. The van der Waals surface area contributed by atoms with E-state index in [1.165, 1.54) is 11.1 Å². The molecule has 0 fully saturated rings. The van der Waals surface area contributed by atoms with Crippen molar-refractivity contribution < 1.29 is 0 Å². The van der Waals surface area contributed by atoms with Gasteiger partial charge in [-0.25, -0.2) is 4.98 Å². The number of hydrogen-bond acceptors (Lipinski definition) is 4. The van der Waals surface area contributed by atoms with Gasteiger partial charge in [0.1, 0.15) is 5.82 Å². The zero-order chi connectivity index (χ0) is 16.0. The summed E-state index contributed by atoms with van der Waals surface area (Å²) in [4.78, 5) is 9.25. The van der Waals surface area contributed by atoms with Gasteiger partial charge >= 0.3 is 0 Å². The van der Waals surface area contributed by atoms with Crippen LogP contribution in [0.2, 0.25) is 0 Å². The Hall–Kier alpha value is -1.13. The summed E-state index contributed by atoms with van der Waals surface area (Å²) < 4.78 is 0. The number of aryl methyl sites for hydroxylation is 2. The van der Waals surface area contributed by atoms with Crippen LogP contribution in [0.4, 0.5) is 5.82 Å². The molecule has 1 aromatic rings. The van der Waals surface area contributed by atoms with Crippen molar-refractivity contribution in [3.05, 3.63) is 22.9 Å². The van der Waals surface area contributed by atoms with Gasteiger partial charge < -0.3 is 15.1 Å². The maximum absolute atomic E-state index is 4.78. The van der Waals surface area contributed by atoms with Gasteiger partial charge in [-0.3, -0.25) is 0 Å². The van der Waals surface area contributed by atoms with Crippen molar-refractivity contribution in [3.63, 3.8) is 0 Å². The van der Waals surface area contributed by atoms with Gasteiger partial charge in [0.15, 0.2) is 0 Å². The van der Waals surface area contributed by atoms with Crippen LogP contribution >= 0.6 is 0 Å². The molecule has 0 atom stereocenters. The fourth-order valence-corrected chi connectivity index (χ4v) is 2.32. The third-order valence-electron chi connectivity index (χ3n) is 3.55. The third kappa shape index (κ3) is 6.02. The van der Waals surface area contributed by atoms with Gasteiger partial charge in [-0.05, 0) is 52.0 Å². The first kappa shape index (κ1) is 17.9. The smallest absolute Gasteiger partial charge is 0.133 e. The van der Waals surface area contributed by atoms with Crippen molar-refractivity contribution in [1.29, 1.82) is 0 Å². The maximum Gasteiger partial charge on any atom is 0.133 e. The van der Waals surface area contributed by atoms with Crippen molar-refractivity contribution >= 4 is 5.82 Å². The van der Waals surface area contributed by atoms with E-state index >= 15 is 0 Å². The second-order valence-corrected chi connectivity index (χ2v) is 6.63. The molecular weight excluding hydrogens is 260 g/mol. The molecule has 0 saturated carbocycles. The van der Waals surface area contributed by atoms with E-state index in [-0.39, 0.29) is 0 Å². The Labute approximate surface area is 130 Å². The zero-order valence-corrected chi connectivity index (χ0v) is 14.8. The van der Waals surface area contributed by atoms with E-state index in [0.717, 1.165) is 37.7 Å². The largest absolute Gasteiger partial charge is 0.358 e. The first-order chi connectivity index (χ1) is 9.81. The first-order valence-electron chi connectivity index (χ1n) is 7.85. The topological polar surface area (TPSA) is 31.4 Å². The summed E-state index contributed by atoms with van der Waals surface area (Å²) in [6.07, 6.45) is 0. The minimum Gasteiger partial charge on any atom is -0.358 e. The molecule has 0 aliphatic heterocycles. The molecule has 0 spiro atoms. The van der Waals surface area contributed by atoms with E-state index in [1.807, 2.05) is 0 Å². The molecule has 0 saturated heterocycles. The Kier molecular flexibility index (Phi) is 7.12. The van der Waals surface area contributed by atoms with Crippen molar-refractivity contribution in [2.24, 2.45) is 5.92 Å². The average Bonchev–Trinajstić information content (AvgIpc) is 2.37. The molecule has 0 aliphatic rings. The predicted octanol–water partition coefficient (Wildman–Crippen LogP) is 2.44. The summed E-state index contributed by atoms with van der Waals surface area (Å²) in [5.41, 5.74) is 3.74. The van der Waals surface area contributed by atoms with Gasteiger partial charge in [-0.15, -0.1) is 0 Å². The molecule has 4 nitrogen and oxygen atoms in total. The highest BCUT2D eigenvalue weighted by molar-refractivity contribution is 5.51. The van der Waals surface area contributed by atoms with E-state index in [2.05, 4.69) is 70.0 Å². The molecular formula is C17H32N4. The summed E-state index contributed by atoms with van der Waals surface area (Å²) in [6, 6.07) is 2.18. The van der Waals surface area contributed by atoms with Gasteiger partial charge in [0.05, 0.1) is 0 Å². The quantitative estimate of drug-likeness (QED) is 0.797. The van der Waals surface area contributed by atoms with Crippen LogP contribution < -0.4 is 10.2 Å². The average molecular weight is 292 g/mol. The molecule has 21 heavy (non-hydrogen) atoms. The Morgan fingerprint density at radius 2 is 1.81 bits per heavy atom. The fraction of sp³-hybridized carbons (Fsp3) is 0.706. The van der Waals surface area contributed by atoms with Crippen LogP contribution in [0.25, 0.3) is 0 Å². The Bertz CT molecular complexity index is 441. The number of hydrogen-bond donors (Lipinski definition) is 1. The summed E-state index contributed by atoms with van der Waals surface area (Å²) in [7, 11) is 6.35. The fourth-order valence-electron chi connectivity index (χ4n) is 2.32. The predicted molar refractivity (Wildman–Crippen MR) is 92.1 cm³/mol. The molecule has 4 heteroatoms. The number of likely N-dealkylation sites (N-methyl/N-ethyl adjacent to an activating group) is 2. The molecule has 0 aromatic carbocycles. The summed E-state index contributed by atoms with van der Waals surface area (Å²) >= 11 is 0. The third-order valence-corrected chi connectivity index (χ3v) is 3.55. The van der Waals surface area contributed by atoms with Crippen LogP contribution in [0.5, 0.6) is 0 Å². The molecule has 0 bridgehead atoms. The maximum atomic E-state index is 4.78. The number of nitrogens with zero attached hydrogens (tertiary/aromatic N) is 3. The number of pyridine rings is 1. The highest BCUT2D eigenvalue weighted by atomic mass is 15.2. The summed E-state index contributed by atoms with van der Waals surface area (Å²) in [6.45, 7) is 12.7. The van der Waals surface area contributed by atoms with Crippen LogP contribution in [0.15, 0.2) is 6.07 Å². The number of nitrogens with one attached hydrogen (secondary N) is 1. The van der Waals surface area contributed by atoms with E-state index in [1.54, 1.807) is 0 Å². The van der Waals surface area contributed by atoms with E-state index in [0.29, 0.717) is 5.92 Å². The van der Waals surface area contributed by atoms with Gasteiger partial charge in [-0.1, -0.05) is 13.8 Å². The number of anilines is 1. The van der Waals surface area contributed by atoms with Gasteiger partial charge in [0, 0.05) is 37.9 Å². The summed E-state index contributed by atoms with van der Waals surface area (Å²) in [5.74, 6) is 1.78. The summed E-state index contributed by atoms with van der Waals surface area (Å²) in [5, 5.41) is 3.54. The molecule has 0 radical (unpaired) electrons. The number of rotatable bonds is 8. The van der Waals surface area contributed by atoms with Crippen LogP contribution in [0, 0.1) is 19.8 Å². The molecule has 1 aromatic heterocycles. The lowest BCUT2D eigenvalue weighted by atomic mass is 10.1. The Morgan fingerprint density at radius 3 is 2.38 bits per heavy atom. The van der Waals surface area contributed by atoms with Crippen molar-refractivity contribution in [1.82, 2.24) is 15.2 Å². The monoisotopic (exact) mass is 292 g/mol. The zero-order valence-electron chi connectivity index (χ0n) is 14.8. The molecule has 0 amide bonds. The number of aromatic nitrogens is 1. The first-order valence-corrected chi connectivity index (χ1v) is 7.85. The lowest BCUT2D eigenvalue weighted by molar-refractivity contribution is 0.416. The second-order valence-electron chi connectivity index (χ2n) is 6.63. The SMILES string of the molecule is Cc1cc(C)c(CNCC(C)C)c(N(C)CCN(C)C)n1. The Morgan fingerprint density at radius 1 is 1.14 bits per heavy atom. The highest BCUT2D eigenvalue weighted by Crippen LogP contribution is 2.21. The molecule has 120 valence electrons. The highest BCUT2D eigenvalue weighted by Gasteiger charge is 2.13. The minimum absolute atomic E-state index is 0.665. The standard InChI is InChI=1S/C17H32N4/c1-13(2)11-18-12-16-14(3)10-15(4)19-17(16)21(7)9-8-20(5)6/h10,13,18H,8-9,11-12H2,1-7H3. The van der Waals surface area contributed by atoms with E-state index in [9.17, 15) is 0 Å². The normalized spacial score (nSPS) is 11.5. The lowest BCUT2D eigenvalue weighted by Crippen LogP contribution is -2.31. The van der Waals surface area contributed by atoms with E-state index in [4.69, 9.17) is 4.98 Å². The van der Waals surface area contributed by atoms with E-state index < -0.39 is 0 Å². The minimum atomic E-state index is 0.665. The van der Waals surface area contributed by atoms with Gasteiger partial charge in [0.25, 0.3) is 0 Å². The van der Waals surface area contributed by atoms with Crippen molar-refractivity contribution in [3.8, 4) is 0 Å². The lowest BCUT2D eigenvalue weighted by Gasteiger charge is -2.25. The van der Waals surface area contributed by atoms with Crippen molar-refractivity contribution in [2.75, 3.05) is 45.7 Å². The van der Waals surface area contributed by atoms with Crippen LogP contribution in [-0.2, 0) is 6.54 Å². The molecule has 1 heterocycles.